The second kappa shape index (κ2) is 10.4. The van der Waals surface area contributed by atoms with E-state index >= 15 is 0 Å². The van der Waals surface area contributed by atoms with Crippen molar-refractivity contribution in [3.8, 4) is 5.75 Å². The summed E-state index contributed by atoms with van der Waals surface area (Å²) in [6.45, 7) is -0.517. The van der Waals surface area contributed by atoms with Crippen LogP contribution in [-0.2, 0) is 9.59 Å². The van der Waals surface area contributed by atoms with Gasteiger partial charge in [-0.3, -0.25) is 19.2 Å². The van der Waals surface area contributed by atoms with Crippen molar-refractivity contribution in [3.63, 3.8) is 0 Å². The Kier molecular flexibility index (Phi) is 6.72. The Morgan fingerprint density at radius 1 is 0.775 bits per heavy atom. The first-order valence-electron chi connectivity index (χ1n) is 13.2. The largest absolute Gasteiger partial charge is 0.423 e. The third-order valence-corrected chi connectivity index (χ3v) is 8.41. The number of halogens is 1. The fourth-order valence-electron chi connectivity index (χ4n) is 6.28. The number of ketones is 1. The van der Waals surface area contributed by atoms with Gasteiger partial charge in [-0.2, -0.15) is 5.01 Å². The molecule has 1 saturated heterocycles. The van der Waals surface area contributed by atoms with E-state index in [9.17, 15) is 24.0 Å². The van der Waals surface area contributed by atoms with Gasteiger partial charge in [-0.15, -0.1) is 0 Å². The summed E-state index contributed by atoms with van der Waals surface area (Å²) in [7, 11) is 0. The number of rotatable bonds is 7. The number of imide groups is 1. The van der Waals surface area contributed by atoms with Crippen LogP contribution in [0, 0.1) is 23.7 Å². The zero-order valence-electron chi connectivity index (χ0n) is 21.4. The monoisotopic (exact) mass is 556 g/mol. The molecule has 3 aliphatic rings. The van der Waals surface area contributed by atoms with Crippen molar-refractivity contribution >= 4 is 41.1 Å². The molecule has 2 bridgehead atoms. The molecule has 1 heterocycles. The van der Waals surface area contributed by atoms with E-state index in [2.05, 4.69) is 0 Å². The minimum absolute atomic E-state index is 0.130. The lowest BCUT2D eigenvalue weighted by molar-refractivity contribution is -0.155. The number of hydrazine groups is 1. The number of Topliss-reactive ketones (excluding diaryl/α,β-unsaturated/α-hetero) is 1. The number of amides is 3. The maximum Gasteiger partial charge on any atom is 0.343 e. The van der Waals surface area contributed by atoms with Gasteiger partial charge < -0.3 is 4.74 Å². The van der Waals surface area contributed by atoms with Crippen LogP contribution in [0.4, 0.5) is 0 Å². The van der Waals surface area contributed by atoms with Gasteiger partial charge in [0.2, 0.25) is 0 Å². The molecule has 0 N–H and O–H groups in total. The van der Waals surface area contributed by atoms with Gasteiger partial charge in [0.15, 0.2) is 5.78 Å². The van der Waals surface area contributed by atoms with Crippen molar-refractivity contribution in [2.75, 3.05) is 6.54 Å². The maximum absolute atomic E-state index is 13.6. The van der Waals surface area contributed by atoms with Crippen LogP contribution in [0.2, 0.25) is 5.02 Å². The first kappa shape index (κ1) is 26.0. The number of carbonyl (C=O) groups is 5. The Morgan fingerprint density at radius 3 is 1.95 bits per heavy atom. The molecule has 1 aliphatic heterocycles. The van der Waals surface area contributed by atoms with Crippen molar-refractivity contribution in [2.24, 2.45) is 23.7 Å². The van der Waals surface area contributed by atoms with Crippen LogP contribution in [-0.4, -0.2) is 46.0 Å². The fraction of sp³-hybridized carbons (Fsp3) is 0.258. The molecule has 2 aliphatic carbocycles. The number of nitrogens with zero attached hydrogens (tertiary/aromatic N) is 2. The van der Waals surface area contributed by atoms with Gasteiger partial charge in [-0.25, -0.2) is 9.80 Å². The molecule has 0 unspecified atom stereocenters. The molecule has 0 radical (unpaired) electrons. The summed E-state index contributed by atoms with van der Waals surface area (Å²) in [5.41, 5.74) is 0.811. The van der Waals surface area contributed by atoms with E-state index in [0.717, 1.165) is 29.3 Å². The van der Waals surface area contributed by atoms with Gasteiger partial charge in [-0.1, -0.05) is 29.8 Å². The molecule has 4 atom stereocenters. The molecule has 202 valence electrons. The molecule has 3 aromatic carbocycles. The lowest BCUT2D eigenvalue weighted by Gasteiger charge is -2.30. The maximum atomic E-state index is 13.6. The lowest BCUT2D eigenvalue weighted by Crippen LogP contribution is -2.52. The van der Waals surface area contributed by atoms with Gasteiger partial charge >= 0.3 is 5.97 Å². The lowest BCUT2D eigenvalue weighted by atomic mass is 9.81. The molecule has 2 saturated carbocycles. The number of fused-ring (bicyclic) bond motifs is 5. The highest BCUT2D eigenvalue weighted by Gasteiger charge is 2.62. The van der Waals surface area contributed by atoms with Crippen LogP contribution < -0.4 is 4.74 Å². The summed E-state index contributed by atoms with van der Waals surface area (Å²) < 4.78 is 5.38. The highest BCUT2D eigenvalue weighted by atomic mass is 35.5. The molecule has 6 rings (SSSR count). The second-order valence-electron chi connectivity index (χ2n) is 10.4. The summed E-state index contributed by atoms with van der Waals surface area (Å²) in [5, 5.41) is 2.30. The average molecular weight is 557 g/mol. The highest BCUT2D eigenvalue weighted by molar-refractivity contribution is 6.30. The zero-order valence-corrected chi connectivity index (χ0v) is 22.1. The van der Waals surface area contributed by atoms with Crippen LogP contribution in [0.5, 0.6) is 5.75 Å². The van der Waals surface area contributed by atoms with Crippen LogP contribution in [0.3, 0.4) is 0 Å². The first-order chi connectivity index (χ1) is 19.3. The van der Waals surface area contributed by atoms with E-state index in [1.54, 1.807) is 30.3 Å². The Balaban J connectivity index is 1.24. The fourth-order valence-corrected chi connectivity index (χ4v) is 6.41. The normalized spacial score (nSPS) is 22.8. The van der Waals surface area contributed by atoms with Gasteiger partial charge in [0.05, 0.1) is 17.4 Å². The van der Waals surface area contributed by atoms with E-state index in [4.69, 9.17) is 16.3 Å². The smallest absolute Gasteiger partial charge is 0.343 e. The molecule has 9 heteroatoms. The molecule has 3 fully saturated rings. The number of carbonyl (C=O) groups excluding carboxylic acids is 5. The van der Waals surface area contributed by atoms with Crippen LogP contribution in [0.15, 0.2) is 78.9 Å². The van der Waals surface area contributed by atoms with Crippen molar-refractivity contribution in [2.45, 2.75) is 19.3 Å². The summed E-state index contributed by atoms with van der Waals surface area (Å²) in [6, 6.07) is 20.5. The number of esters is 1. The predicted molar refractivity (Wildman–Crippen MR) is 144 cm³/mol. The van der Waals surface area contributed by atoms with Crippen molar-refractivity contribution in [3.05, 3.63) is 101 Å². The van der Waals surface area contributed by atoms with Gasteiger partial charge in [-0.05, 0) is 91.8 Å². The Bertz CT molecular complexity index is 1480. The summed E-state index contributed by atoms with van der Waals surface area (Å²) in [6.07, 6.45) is 2.64. The van der Waals surface area contributed by atoms with E-state index in [-0.39, 0.29) is 28.7 Å². The van der Waals surface area contributed by atoms with Crippen molar-refractivity contribution < 1.29 is 28.7 Å². The van der Waals surface area contributed by atoms with E-state index in [1.807, 2.05) is 0 Å². The SMILES string of the molecule is O=C(CN(C(=O)c1ccc(Cl)cc1)N1C(=O)[C@H]2[C@H]3CC[C@@H](C3)[C@@H]2C1=O)c1ccc(OC(=O)c2ccccc2)cc1. The summed E-state index contributed by atoms with van der Waals surface area (Å²) in [5.74, 6) is -2.88. The highest BCUT2D eigenvalue weighted by Crippen LogP contribution is 2.56. The molecule has 0 aromatic heterocycles. The van der Waals surface area contributed by atoms with Crippen LogP contribution in [0.1, 0.15) is 50.3 Å². The van der Waals surface area contributed by atoms with E-state index < -0.39 is 47.9 Å². The third kappa shape index (κ3) is 4.58. The van der Waals surface area contributed by atoms with Crippen molar-refractivity contribution in [1.29, 1.82) is 0 Å². The van der Waals surface area contributed by atoms with Gasteiger partial charge in [0.25, 0.3) is 17.7 Å². The number of hydrogen-bond donors (Lipinski definition) is 0. The zero-order chi connectivity index (χ0) is 28.0. The second-order valence-corrected chi connectivity index (χ2v) is 10.9. The molecule has 3 amide bonds. The Labute approximate surface area is 235 Å². The molecule has 8 nitrogen and oxygen atoms in total. The predicted octanol–water partition coefficient (Wildman–Crippen LogP) is 4.83. The minimum atomic E-state index is -0.646. The van der Waals surface area contributed by atoms with Crippen LogP contribution >= 0.6 is 11.6 Å². The number of hydrogen-bond acceptors (Lipinski definition) is 6. The Morgan fingerprint density at radius 2 is 1.35 bits per heavy atom. The third-order valence-electron chi connectivity index (χ3n) is 8.16. The molecule has 0 spiro atoms. The van der Waals surface area contributed by atoms with E-state index in [0.29, 0.717) is 10.6 Å². The number of benzene rings is 3. The molecule has 40 heavy (non-hydrogen) atoms. The van der Waals surface area contributed by atoms with E-state index in [1.165, 1.54) is 48.5 Å². The van der Waals surface area contributed by atoms with Gasteiger partial charge in [0.1, 0.15) is 12.3 Å². The topological polar surface area (TPSA) is 101 Å². The summed E-state index contributed by atoms with van der Waals surface area (Å²) in [4.78, 5) is 66.4. The minimum Gasteiger partial charge on any atom is -0.423 e. The molecular weight excluding hydrogens is 532 g/mol. The molecular formula is C31H25ClN2O6. The first-order valence-corrected chi connectivity index (χ1v) is 13.6. The summed E-state index contributed by atoms with van der Waals surface area (Å²) >= 11 is 5.99. The van der Waals surface area contributed by atoms with Crippen LogP contribution in [0.25, 0.3) is 0 Å². The standard InChI is InChI=1S/C31H25ClN2O6/c32-23-12-8-19(9-13-23)28(36)33(34-29(37)26-21-6-7-22(16-21)27(26)30(34)38)17-25(35)18-10-14-24(15-11-18)40-31(39)20-4-2-1-3-5-20/h1-5,8-15,21-22,26-27H,6-7,16-17H2/t21-,22-,26-,27-/m0/s1. The number of ether oxygens (including phenoxy) is 1. The van der Waals surface area contributed by atoms with Gasteiger partial charge in [0, 0.05) is 16.1 Å². The quantitative estimate of drug-likeness (QED) is 0.179. The molecule has 3 aromatic rings. The average Bonchev–Trinajstić information content (AvgIpc) is 3.66. The Hall–Kier alpha value is -4.30. The van der Waals surface area contributed by atoms with Crippen molar-refractivity contribution in [1.82, 2.24) is 10.0 Å².